The molecule has 130 valence electrons. The minimum absolute atomic E-state index is 0.180. The van der Waals surface area contributed by atoms with Crippen molar-refractivity contribution in [3.63, 3.8) is 0 Å². The second-order valence-electron chi connectivity index (χ2n) is 5.59. The molecule has 0 amide bonds. The van der Waals surface area contributed by atoms with Crippen molar-refractivity contribution >= 4 is 17.2 Å². The van der Waals surface area contributed by atoms with Gasteiger partial charge in [0.15, 0.2) is 11.5 Å². The smallest absolute Gasteiger partial charge is 0.235 e. The second kappa shape index (κ2) is 7.03. The molecular formula is C20H18N4O2. The summed E-state index contributed by atoms with van der Waals surface area (Å²) >= 11 is 0. The molecule has 0 saturated carbocycles. The van der Waals surface area contributed by atoms with E-state index >= 15 is 0 Å². The maximum absolute atomic E-state index is 7.49. The Labute approximate surface area is 151 Å². The molecule has 0 unspecified atom stereocenters. The number of pyridine rings is 1. The zero-order valence-corrected chi connectivity index (χ0v) is 14.5. The lowest BCUT2D eigenvalue weighted by Gasteiger charge is -2.13. The van der Waals surface area contributed by atoms with Crippen LogP contribution in [0.5, 0.6) is 11.5 Å². The quantitative estimate of drug-likeness (QED) is 0.547. The molecule has 4 N–H and O–H groups in total. The minimum Gasteiger partial charge on any atom is -0.493 e. The highest BCUT2D eigenvalue weighted by molar-refractivity contribution is 5.89. The van der Waals surface area contributed by atoms with Crippen LogP contribution in [-0.4, -0.2) is 19.2 Å². The van der Waals surface area contributed by atoms with Crippen LogP contribution >= 0.6 is 0 Å². The Morgan fingerprint density at radius 2 is 1.54 bits per heavy atom. The van der Waals surface area contributed by atoms with Gasteiger partial charge in [-0.25, -0.2) is 9.83 Å². The fraction of sp³-hybridized carbons (Fsp3) is 0.100. The molecule has 3 aromatic rings. The maximum Gasteiger partial charge on any atom is 0.235 e. The molecule has 0 atom stereocenters. The first-order valence-electron chi connectivity index (χ1n) is 7.83. The van der Waals surface area contributed by atoms with Gasteiger partial charge < -0.3 is 20.9 Å². The Kier molecular flexibility index (Phi) is 4.63. The summed E-state index contributed by atoms with van der Waals surface area (Å²) in [6.45, 7) is 7.49. The highest BCUT2D eigenvalue weighted by Gasteiger charge is 2.15. The Bertz CT molecular complexity index is 992. The molecule has 3 rings (SSSR count). The fourth-order valence-electron chi connectivity index (χ4n) is 2.70. The number of hydrogen-bond acceptors (Lipinski definition) is 5. The van der Waals surface area contributed by atoms with Crippen molar-refractivity contribution in [3.05, 3.63) is 59.9 Å². The van der Waals surface area contributed by atoms with E-state index in [4.69, 9.17) is 27.5 Å². The topological polar surface area (TPSA) is 87.8 Å². The summed E-state index contributed by atoms with van der Waals surface area (Å²) in [5.74, 6) is 1.37. The van der Waals surface area contributed by atoms with E-state index < -0.39 is 0 Å². The van der Waals surface area contributed by atoms with Crippen LogP contribution in [-0.2, 0) is 0 Å². The SMILES string of the molecule is [C-]#[N+]c1c(-c2ccc(OC)c(OC)c2)cc(-c2ccc(N)cc2)nc1N. The van der Waals surface area contributed by atoms with Gasteiger partial charge in [-0.1, -0.05) is 18.2 Å². The van der Waals surface area contributed by atoms with Crippen molar-refractivity contribution in [1.29, 1.82) is 0 Å². The van der Waals surface area contributed by atoms with Crippen LogP contribution in [0.2, 0.25) is 0 Å². The molecule has 0 bridgehead atoms. The second-order valence-corrected chi connectivity index (χ2v) is 5.59. The number of rotatable bonds is 4. The molecule has 0 spiro atoms. The van der Waals surface area contributed by atoms with Gasteiger partial charge in [-0.15, -0.1) is 0 Å². The Balaban J connectivity index is 2.20. The molecule has 26 heavy (non-hydrogen) atoms. The number of nitrogens with zero attached hydrogens (tertiary/aromatic N) is 2. The lowest BCUT2D eigenvalue weighted by atomic mass is 10.0. The van der Waals surface area contributed by atoms with Crippen LogP contribution in [0.15, 0.2) is 48.5 Å². The average Bonchev–Trinajstić information content (AvgIpc) is 2.67. The summed E-state index contributed by atoms with van der Waals surface area (Å²) in [4.78, 5) is 7.94. The number of ether oxygens (including phenoxy) is 2. The van der Waals surface area contributed by atoms with Crippen LogP contribution in [0.1, 0.15) is 0 Å². The predicted octanol–water partition coefficient (Wildman–Crippen LogP) is 4.15. The molecule has 1 aromatic heterocycles. The van der Waals surface area contributed by atoms with Gasteiger partial charge in [-0.05, 0) is 41.5 Å². The van der Waals surface area contributed by atoms with Gasteiger partial charge in [0.05, 0.1) is 26.5 Å². The van der Waals surface area contributed by atoms with Gasteiger partial charge in [-0.3, -0.25) is 0 Å². The molecule has 0 aliphatic heterocycles. The van der Waals surface area contributed by atoms with Crippen LogP contribution < -0.4 is 20.9 Å². The van der Waals surface area contributed by atoms with E-state index in [1.54, 1.807) is 32.4 Å². The van der Waals surface area contributed by atoms with E-state index in [1.165, 1.54) is 0 Å². The standard InChI is InChI=1S/C20H18N4O2/c1-23-19-15(13-6-9-17(25-2)18(10-13)26-3)11-16(24-20(19)22)12-4-7-14(21)8-5-12/h4-11H,21H2,2-3H3,(H2,22,24). The molecule has 0 saturated heterocycles. The van der Waals surface area contributed by atoms with E-state index in [0.29, 0.717) is 34.1 Å². The molecule has 0 radical (unpaired) electrons. The zero-order chi connectivity index (χ0) is 18.7. The highest BCUT2D eigenvalue weighted by atomic mass is 16.5. The van der Waals surface area contributed by atoms with Gasteiger partial charge in [0, 0.05) is 11.3 Å². The third-order valence-electron chi connectivity index (χ3n) is 4.03. The van der Waals surface area contributed by atoms with Crippen LogP contribution in [0.25, 0.3) is 27.2 Å². The summed E-state index contributed by atoms with van der Waals surface area (Å²) in [5, 5.41) is 0. The number of anilines is 2. The van der Waals surface area contributed by atoms with E-state index in [1.807, 2.05) is 30.3 Å². The molecule has 0 aliphatic rings. The maximum atomic E-state index is 7.49. The van der Waals surface area contributed by atoms with Crippen molar-refractivity contribution in [2.24, 2.45) is 0 Å². The summed E-state index contributed by atoms with van der Waals surface area (Å²) < 4.78 is 10.6. The summed E-state index contributed by atoms with van der Waals surface area (Å²) in [6, 6.07) is 14.6. The third kappa shape index (κ3) is 3.10. The fourth-order valence-corrected chi connectivity index (χ4v) is 2.70. The van der Waals surface area contributed by atoms with Gasteiger partial charge in [0.2, 0.25) is 5.69 Å². The normalized spacial score (nSPS) is 10.2. The Morgan fingerprint density at radius 1 is 0.885 bits per heavy atom. The van der Waals surface area contributed by atoms with Crippen molar-refractivity contribution in [2.75, 3.05) is 25.7 Å². The van der Waals surface area contributed by atoms with Gasteiger partial charge in [0.25, 0.3) is 0 Å². The Morgan fingerprint density at radius 3 is 2.15 bits per heavy atom. The zero-order valence-electron chi connectivity index (χ0n) is 14.5. The predicted molar refractivity (Wildman–Crippen MR) is 103 cm³/mol. The first kappa shape index (κ1) is 17.1. The van der Waals surface area contributed by atoms with Crippen molar-refractivity contribution in [1.82, 2.24) is 4.98 Å². The van der Waals surface area contributed by atoms with E-state index in [-0.39, 0.29) is 5.82 Å². The molecule has 0 aliphatic carbocycles. The van der Waals surface area contributed by atoms with Crippen LogP contribution in [0.3, 0.4) is 0 Å². The van der Waals surface area contributed by atoms with E-state index in [2.05, 4.69) is 9.83 Å². The molecule has 0 fully saturated rings. The van der Waals surface area contributed by atoms with Crippen molar-refractivity contribution in [2.45, 2.75) is 0 Å². The first-order chi connectivity index (χ1) is 12.6. The molecule has 2 aromatic carbocycles. The highest BCUT2D eigenvalue weighted by Crippen LogP contribution is 2.40. The van der Waals surface area contributed by atoms with E-state index in [9.17, 15) is 0 Å². The molecule has 6 nitrogen and oxygen atoms in total. The summed E-state index contributed by atoms with van der Waals surface area (Å²) in [7, 11) is 3.14. The van der Waals surface area contributed by atoms with Gasteiger partial charge >= 0.3 is 0 Å². The number of nitrogen functional groups attached to an aromatic ring is 2. The van der Waals surface area contributed by atoms with Crippen LogP contribution in [0.4, 0.5) is 17.2 Å². The Hall–Kier alpha value is -3.72. The number of aromatic nitrogens is 1. The number of benzene rings is 2. The molecule has 6 heteroatoms. The summed E-state index contributed by atoms with van der Waals surface area (Å²) in [6.07, 6.45) is 0. The summed E-state index contributed by atoms with van der Waals surface area (Å²) in [5.41, 5.74) is 15.8. The van der Waals surface area contributed by atoms with Crippen LogP contribution in [0, 0.1) is 6.57 Å². The number of hydrogen-bond donors (Lipinski definition) is 2. The average molecular weight is 346 g/mol. The van der Waals surface area contributed by atoms with Gasteiger partial charge in [0.1, 0.15) is 5.82 Å². The third-order valence-corrected chi connectivity index (χ3v) is 4.03. The monoisotopic (exact) mass is 346 g/mol. The van der Waals surface area contributed by atoms with E-state index in [0.717, 1.165) is 11.1 Å². The van der Waals surface area contributed by atoms with Gasteiger partial charge in [-0.2, -0.15) is 0 Å². The van der Waals surface area contributed by atoms with Crippen molar-refractivity contribution in [3.8, 4) is 33.9 Å². The largest absolute Gasteiger partial charge is 0.493 e. The number of methoxy groups -OCH3 is 2. The van der Waals surface area contributed by atoms with Crippen molar-refractivity contribution < 1.29 is 9.47 Å². The minimum atomic E-state index is 0.180. The number of nitrogens with two attached hydrogens (primary N) is 2. The lowest BCUT2D eigenvalue weighted by Crippen LogP contribution is -1.96. The molecular weight excluding hydrogens is 328 g/mol. The molecule has 1 heterocycles. The lowest BCUT2D eigenvalue weighted by molar-refractivity contribution is 0.355. The first-order valence-corrected chi connectivity index (χ1v) is 7.83.